The van der Waals surface area contributed by atoms with Gasteiger partial charge < -0.3 is 14.6 Å². The maximum absolute atomic E-state index is 10.6. The third kappa shape index (κ3) is 2.23. The molecule has 3 rings (SSSR count). The smallest absolute Gasteiger partial charge is 0.123 e. The first kappa shape index (κ1) is 13.3. The van der Waals surface area contributed by atoms with Crippen molar-refractivity contribution in [1.82, 2.24) is 0 Å². The molecule has 0 saturated heterocycles. The van der Waals surface area contributed by atoms with Crippen LogP contribution in [0.15, 0.2) is 42.5 Å². The van der Waals surface area contributed by atoms with Gasteiger partial charge >= 0.3 is 0 Å². The van der Waals surface area contributed by atoms with E-state index in [1.165, 1.54) is 0 Å². The fourth-order valence-electron chi connectivity index (χ4n) is 2.54. The van der Waals surface area contributed by atoms with Crippen LogP contribution in [0.2, 0.25) is 5.02 Å². The molecule has 0 aromatic heterocycles. The number of fused-ring (bicyclic) bond motifs is 1. The van der Waals surface area contributed by atoms with E-state index in [1.807, 2.05) is 24.3 Å². The van der Waals surface area contributed by atoms with Crippen molar-refractivity contribution in [2.75, 3.05) is 13.7 Å². The lowest BCUT2D eigenvalue weighted by molar-refractivity contribution is 0.130. The van der Waals surface area contributed by atoms with Crippen LogP contribution in [0.3, 0.4) is 0 Å². The van der Waals surface area contributed by atoms with Crippen molar-refractivity contribution in [3.8, 4) is 11.5 Å². The molecule has 0 fully saturated rings. The first-order valence-electron chi connectivity index (χ1n) is 6.44. The average Bonchev–Trinajstić information content (AvgIpc) is 2.90. The number of aliphatic hydroxyl groups excluding tert-OH is 1. The third-order valence-corrected chi connectivity index (χ3v) is 3.97. The minimum absolute atomic E-state index is 0.0999. The molecular formula is C16H15ClO3. The fourth-order valence-corrected chi connectivity index (χ4v) is 2.82. The number of hydrogen-bond donors (Lipinski definition) is 1. The average molecular weight is 291 g/mol. The summed E-state index contributed by atoms with van der Waals surface area (Å²) in [5, 5.41) is 11.1. The van der Waals surface area contributed by atoms with Gasteiger partial charge in [-0.05, 0) is 18.2 Å². The van der Waals surface area contributed by atoms with Crippen molar-refractivity contribution in [3.05, 3.63) is 58.6 Å². The van der Waals surface area contributed by atoms with Gasteiger partial charge in [-0.3, -0.25) is 0 Å². The first-order chi connectivity index (χ1) is 9.70. The molecule has 2 unspecified atom stereocenters. The number of methoxy groups -OCH3 is 1. The number of para-hydroxylation sites is 1. The molecular weight excluding hydrogens is 276 g/mol. The molecule has 3 nitrogen and oxygen atoms in total. The highest BCUT2D eigenvalue weighted by atomic mass is 35.5. The third-order valence-electron chi connectivity index (χ3n) is 3.64. The van der Waals surface area contributed by atoms with E-state index in [4.69, 9.17) is 21.1 Å². The normalized spacial score (nSPS) is 18.2. The molecule has 1 heterocycles. The van der Waals surface area contributed by atoms with Crippen molar-refractivity contribution in [1.29, 1.82) is 0 Å². The molecule has 104 valence electrons. The van der Waals surface area contributed by atoms with Gasteiger partial charge in [0, 0.05) is 11.1 Å². The van der Waals surface area contributed by atoms with Gasteiger partial charge in [0.1, 0.15) is 11.5 Å². The summed E-state index contributed by atoms with van der Waals surface area (Å²) in [5.74, 6) is 1.41. The molecule has 0 amide bonds. The Labute approximate surface area is 122 Å². The van der Waals surface area contributed by atoms with Gasteiger partial charge in [-0.1, -0.05) is 35.9 Å². The lowest BCUT2D eigenvalue weighted by Crippen LogP contribution is -2.12. The second-order valence-corrected chi connectivity index (χ2v) is 5.19. The predicted molar refractivity (Wildman–Crippen MR) is 77.6 cm³/mol. The molecule has 0 aliphatic carbocycles. The zero-order valence-corrected chi connectivity index (χ0v) is 11.8. The first-order valence-corrected chi connectivity index (χ1v) is 6.81. The Balaban J connectivity index is 1.92. The van der Waals surface area contributed by atoms with Crippen molar-refractivity contribution < 1.29 is 14.6 Å². The summed E-state index contributed by atoms with van der Waals surface area (Å²) in [7, 11) is 1.59. The number of benzene rings is 2. The molecule has 1 aliphatic heterocycles. The van der Waals surface area contributed by atoms with Gasteiger partial charge in [-0.2, -0.15) is 0 Å². The van der Waals surface area contributed by atoms with Crippen molar-refractivity contribution in [3.63, 3.8) is 0 Å². The van der Waals surface area contributed by atoms with Crippen LogP contribution in [-0.4, -0.2) is 18.8 Å². The highest BCUT2D eigenvalue weighted by Gasteiger charge is 2.32. The summed E-state index contributed by atoms with van der Waals surface area (Å²) in [4.78, 5) is 0. The lowest BCUT2D eigenvalue weighted by atomic mass is 9.91. The van der Waals surface area contributed by atoms with Gasteiger partial charge in [-0.15, -0.1) is 0 Å². The van der Waals surface area contributed by atoms with Crippen LogP contribution in [0.5, 0.6) is 11.5 Å². The molecule has 2 aromatic rings. The number of halogens is 1. The van der Waals surface area contributed by atoms with Crippen LogP contribution in [-0.2, 0) is 0 Å². The van der Waals surface area contributed by atoms with Crippen LogP contribution in [0.4, 0.5) is 0 Å². The largest absolute Gasteiger partial charge is 0.497 e. The van der Waals surface area contributed by atoms with Crippen LogP contribution in [0.25, 0.3) is 0 Å². The number of aliphatic hydroxyl groups is 1. The van der Waals surface area contributed by atoms with Gasteiger partial charge in [0.05, 0.1) is 30.8 Å². The molecule has 1 N–H and O–H groups in total. The van der Waals surface area contributed by atoms with E-state index in [-0.39, 0.29) is 5.92 Å². The highest BCUT2D eigenvalue weighted by molar-refractivity contribution is 6.31. The van der Waals surface area contributed by atoms with Crippen LogP contribution in [0, 0.1) is 0 Å². The summed E-state index contributed by atoms with van der Waals surface area (Å²) < 4.78 is 10.7. The number of rotatable bonds is 3. The topological polar surface area (TPSA) is 38.7 Å². The molecule has 2 aromatic carbocycles. The summed E-state index contributed by atoms with van der Waals surface area (Å²) in [5.41, 5.74) is 1.71. The quantitative estimate of drug-likeness (QED) is 0.939. The van der Waals surface area contributed by atoms with Gasteiger partial charge in [0.15, 0.2) is 0 Å². The fraction of sp³-hybridized carbons (Fsp3) is 0.250. The number of ether oxygens (including phenoxy) is 2. The van der Waals surface area contributed by atoms with E-state index in [0.29, 0.717) is 22.9 Å². The van der Waals surface area contributed by atoms with E-state index < -0.39 is 6.10 Å². The number of hydrogen-bond acceptors (Lipinski definition) is 3. The zero-order chi connectivity index (χ0) is 14.1. The van der Waals surface area contributed by atoms with E-state index in [2.05, 4.69) is 0 Å². The van der Waals surface area contributed by atoms with Crippen LogP contribution in [0.1, 0.15) is 23.1 Å². The second-order valence-electron chi connectivity index (χ2n) is 4.79. The Morgan fingerprint density at radius 1 is 1.30 bits per heavy atom. The standard InChI is InChI=1S/C16H15ClO3/c1-19-10-6-7-12(14(17)8-10)16(18)13-9-20-15-5-3-2-4-11(13)15/h2-8,13,16,18H,9H2,1H3. The molecule has 0 bridgehead atoms. The van der Waals surface area contributed by atoms with E-state index in [1.54, 1.807) is 25.3 Å². The van der Waals surface area contributed by atoms with Gasteiger partial charge in [0.25, 0.3) is 0 Å². The Morgan fingerprint density at radius 3 is 2.85 bits per heavy atom. The highest BCUT2D eigenvalue weighted by Crippen LogP contribution is 2.43. The molecule has 1 aliphatic rings. The zero-order valence-electron chi connectivity index (χ0n) is 11.0. The van der Waals surface area contributed by atoms with E-state index >= 15 is 0 Å². The van der Waals surface area contributed by atoms with E-state index in [0.717, 1.165) is 11.3 Å². The Morgan fingerprint density at radius 2 is 2.10 bits per heavy atom. The molecule has 0 saturated carbocycles. The van der Waals surface area contributed by atoms with E-state index in [9.17, 15) is 5.11 Å². The molecule has 0 radical (unpaired) electrons. The Hall–Kier alpha value is -1.71. The monoisotopic (exact) mass is 290 g/mol. The maximum atomic E-state index is 10.6. The summed E-state index contributed by atoms with van der Waals surface area (Å²) in [6.45, 7) is 0.461. The van der Waals surface area contributed by atoms with Crippen LogP contribution >= 0.6 is 11.6 Å². The minimum Gasteiger partial charge on any atom is -0.497 e. The molecule has 20 heavy (non-hydrogen) atoms. The SMILES string of the molecule is COc1ccc(C(O)C2COc3ccccc32)c(Cl)c1. The molecule has 2 atom stereocenters. The summed E-state index contributed by atoms with van der Waals surface area (Å²) in [6, 6.07) is 13.1. The lowest BCUT2D eigenvalue weighted by Gasteiger charge is -2.19. The summed E-state index contributed by atoms with van der Waals surface area (Å²) >= 11 is 6.23. The Bertz CT molecular complexity index is 627. The Kier molecular flexibility index (Phi) is 3.55. The maximum Gasteiger partial charge on any atom is 0.123 e. The summed E-state index contributed by atoms with van der Waals surface area (Å²) in [6.07, 6.45) is -0.697. The van der Waals surface area contributed by atoms with Gasteiger partial charge in [0.2, 0.25) is 0 Å². The second kappa shape index (κ2) is 5.35. The van der Waals surface area contributed by atoms with Crippen molar-refractivity contribution in [2.45, 2.75) is 12.0 Å². The van der Waals surface area contributed by atoms with Crippen molar-refractivity contribution in [2.24, 2.45) is 0 Å². The van der Waals surface area contributed by atoms with Gasteiger partial charge in [-0.25, -0.2) is 0 Å². The molecule has 0 spiro atoms. The van der Waals surface area contributed by atoms with Crippen LogP contribution < -0.4 is 9.47 Å². The minimum atomic E-state index is -0.697. The van der Waals surface area contributed by atoms with Crippen molar-refractivity contribution >= 4 is 11.6 Å². The molecule has 4 heteroatoms. The predicted octanol–water partition coefficient (Wildman–Crippen LogP) is 3.56.